The van der Waals surface area contributed by atoms with Crippen molar-refractivity contribution < 1.29 is 13.2 Å². The topological polar surface area (TPSA) is 79.4 Å². The second kappa shape index (κ2) is 8.08. The quantitative estimate of drug-likeness (QED) is 0.796. The number of aromatic nitrogens is 1. The number of benzene rings is 1. The first-order valence-electron chi connectivity index (χ1n) is 8.93. The fourth-order valence-electron chi connectivity index (χ4n) is 3.21. The highest BCUT2D eigenvalue weighted by atomic mass is 32.2. The molecular formula is C19H25N3O3S2. The van der Waals surface area contributed by atoms with Crippen LogP contribution in [0.25, 0.3) is 0 Å². The summed E-state index contributed by atoms with van der Waals surface area (Å²) in [4.78, 5) is 18.9. The Kier molecular flexibility index (Phi) is 5.98. The lowest BCUT2D eigenvalue weighted by Crippen LogP contribution is -2.32. The molecule has 1 aliphatic rings. The largest absolute Gasteiger partial charge is 0.325 e. The van der Waals surface area contributed by atoms with Crippen molar-refractivity contribution in [1.82, 2.24) is 9.88 Å². The van der Waals surface area contributed by atoms with Gasteiger partial charge in [-0.25, -0.2) is 13.4 Å². The van der Waals surface area contributed by atoms with Gasteiger partial charge < -0.3 is 5.32 Å². The molecule has 6 nitrogen and oxygen atoms in total. The molecule has 1 unspecified atom stereocenters. The Labute approximate surface area is 164 Å². The summed E-state index contributed by atoms with van der Waals surface area (Å²) in [6, 6.07) is 6.02. The van der Waals surface area contributed by atoms with Gasteiger partial charge in [-0.1, -0.05) is 12.1 Å². The van der Waals surface area contributed by atoms with Crippen LogP contribution in [-0.4, -0.2) is 48.8 Å². The molecule has 8 heteroatoms. The monoisotopic (exact) mass is 407 g/mol. The number of hydrogen-bond acceptors (Lipinski definition) is 6. The highest BCUT2D eigenvalue weighted by Crippen LogP contribution is 2.20. The highest BCUT2D eigenvalue weighted by molar-refractivity contribution is 7.91. The normalized spacial score (nSPS) is 18.7. The van der Waals surface area contributed by atoms with Crippen LogP contribution in [0.3, 0.4) is 0 Å². The molecule has 1 saturated heterocycles. The molecule has 3 rings (SSSR count). The molecule has 0 aliphatic carbocycles. The third-order valence-corrected chi connectivity index (χ3v) is 7.47. The molecule has 1 aliphatic heterocycles. The lowest BCUT2D eigenvalue weighted by Gasteiger charge is -2.21. The average Bonchev–Trinajstić information content (AvgIpc) is 3.16. The zero-order valence-corrected chi connectivity index (χ0v) is 17.5. The van der Waals surface area contributed by atoms with Crippen LogP contribution in [-0.2, 0) is 27.6 Å². The first kappa shape index (κ1) is 20.0. The van der Waals surface area contributed by atoms with E-state index in [0.29, 0.717) is 13.0 Å². The predicted octanol–water partition coefficient (Wildman–Crippen LogP) is 2.56. The third-order valence-electron chi connectivity index (χ3n) is 4.82. The molecule has 1 fully saturated rings. The van der Waals surface area contributed by atoms with Crippen LogP contribution < -0.4 is 5.32 Å². The van der Waals surface area contributed by atoms with Gasteiger partial charge in [-0.3, -0.25) is 9.69 Å². The Hall–Kier alpha value is -1.77. The summed E-state index contributed by atoms with van der Waals surface area (Å²) < 4.78 is 23.3. The van der Waals surface area contributed by atoms with Crippen molar-refractivity contribution in [1.29, 1.82) is 0 Å². The number of carbonyl (C=O) groups is 1. The van der Waals surface area contributed by atoms with Gasteiger partial charge in [0.2, 0.25) is 5.91 Å². The van der Waals surface area contributed by atoms with E-state index in [9.17, 15) is 13.2 Å². The van der Waals surface area contributed by atoms with Crippen LogP contribution in [0.15, 0.2) is 23.6 Å². The number of sulfone groups is 1. The molecule has 0 spiro atoms. The van der Waals surface area contributed by atoms with Gasteiger partial charge in [0, 0.05) is 23.7 Å². The number of rotatable bonds is 6. The SMILES string of the molecule is Cc1ccc(C)c(NC(=O)Cc2nc(CN(C)C3CCS(=O)(=O)C3)cs2)c1. The summed E-state index contributed by atoms with van der Waals surface area (Å²) in [5, 5.41) is 5.66. The minimum Gasteiger partial charge on any atom is -0.325 e. The van der Waals surface area contributed by atoms with Crippen molar-refractivity contribution in [3.05, 3.63) is 45.4 Å². The van der Waals surface area contributed by atoms with Gasteiger partial charge in [-0.2, -0.15) is 0 Å². The Morgan fingerprint density at radius 3 is 2.85 bits per heavy atom. The summed E-state index contributed by atoms with van der Waals surface area (Å²) in [5.74, 6) is 0.404. The standard InChI is InChI=1S/C19H25N3O3S2/c1-13-4-5-14(2)17(8-13)21-18(23)9-19-20-15(11-26-19)10-22(3)16-6-7-27(24,25)12-16/h4-5,8,11,16H,6-7,9-10,12H2,1-3H3,(H,21,23). The van der Waals surface area contributed by atoms with Crippen molar-refractivity contribution in [3.8, 4) is 0 Å². The van der Waals surface area contributed by atoms with Crippen LogP contribution in [0.2, 0.25) is 0 Å². The minimum atomic E-state index is -2.89. The first-order valence-corrected chi connectivity index (χ1v) is 11.6. The van der Waals surface area contributed by atoms with Crippen LogP contribution >= 0.6 is 11.3 Å². The van der Waals surface area contributed by atoms with Gasteiger partial charge in [0.1, 0.15) is 5.01 Å². The number of nitrogens with zero attached hydrogens (tertiary/aromatic N) is 2. The molecule has 1 atom stereocenters. The third kappa shape index (κ3) is 5.37. The lowest BCUT2D eigenvalue weighted by atomic mass is 10.1. The molecular weight excluding hydrogens is 382 g/mol. The van der Waals surface area contributed by atoms with Gasteiger partial charge in [-0.15, -0.1) is 11.3 Å². The predicted molar refractivity (Wildman–Crippen MR) is 109 cm³/mol. The van der Waals surface area contributed by atoms with E-state index >= 15 is 0 Å². The molecule has 1 aromatic heterocycles. The first-order chi connectivity index (χ1) is 12.7. The summed E-state index contributed by atoms with van der Waals surface area (Å²) in [5.41, 5.74) is 3.84. The van der Waals surface area contributed by atoms with E-state index in [-0.39, 0.29) is 29.9 Å². The summed E-state index contributed by atoms with van der Waals surface area (Å²) >= 11 is 1.46. The van der Waals surface area contributed by atoms with E-state index in [4.69, 9.17) is 0 Å². The van der Waals surface area contributed by atoms with Gasteiger partial charge in [0.15, 0.2) is 9.84 Å². The fraction of sp³-hybridized carbons (Fsp3) is 0.474. The van der Waals surface area contributed by atoms with Gasteiger partial charge >= 0.3 is 0 Å². The maximum absolute atomic E-state index is 12.3. The molecule has 1 aromatic carbocycles. The molecule has 27 heavy (non-hydrogen) atoms. The molecule has 1 N–H and O–H groups in total. The number of anilines is 1. The van der Waals surface area contributed by atoms with Crippen molar-refractivity contribution in [2.45, 2.75) is 39.3 Å². The van der Waals surface area contributed by atoms with Crippen molar-refractivity contribution in [3.63, 3.8) is 0 Å². The maximum Gasteiger partial charge on any atom is 0.231 e. The average molecular weight is 408 g/mol. The summed E-state index contributed by atoms with van der Waals surface area (Å²) in [7, 11) is -0.964. The zero-order valence-electron chi connectivity index (χ0n) is 15.9. The lowest BCUT2D eigenvalue weighted by molar-refractivity contribution is -0.115. The van der Waals surface area contributed by atoms with Crippen molar-refractivity contribution in [2.24, 2.45) is 0 Å². The summed E-state index contributed by atoms with van der Waals surface area (Å²) in [6.45, 7) is 4.55. The maximum atomic E-state index is 12.3. The number of carbonyl (C=O) groups excluding carboxylic acids is 1. The fourth-order valence-corrected chi connectivity index (χ4v) is 5.80. The van der Waals surface area contributed by atoms with Crippen LogP contribution in [0, 0.1) is 13.8 Å². The van der Waals surface area contributed by atoms with Crippen molar-refractivity contribution in [2.75, 3.05) is 23.9 Å². The summed E-state index contributed by atoms with van der Waals surface area (Å²) in [6.07, 6.45) is 0.910. The van der Waals surface area contributed by atoms with E-state index in [2.05, 4.69) is 10.3 Å². The molecule has 0 saturated carbocycles. The number of thiazole rings is 1. The second-order valence-electron chi connectivity index (χ2n) is 7.25. The molecule has 1 amide bonds. The molecule has 146 valence electrons. The number of hydrogen-bond donors (Lipinski definition) is 1. The van der Waals surface area contributed by atoms with Gasteiger partial charge in [0.05, 0.1) is 23.6 Å². The Morgan fingerprint density at radius 1 is 1.37 bits per heavy atom. The van der Waals surface area contributed by atoms with Crippen molar-refractivity contribution >= 4 is 32.8 Å². The Bertz CT molecular complexity index is 937. The van der Waals surface area contributed by atoms with Gasteiger partial charge in [0.25, 0.3) is 0 Å². The Balaban J connectivity index is 1.56. The van der Waals surface area contributed by atoms with E-state index in [0.717, 1.165) is 27.5 Å². The number of nitrogens with one attached hydrogen (secondary N) is 1. The second-order valence-corrected chi connectivity index (χ2v) is 10.4. The van der Waals surface area contributed by atoms with Crippen LogP contribution in [0.1, 0.15) is 28.2 Å². The smallest absolute Gasteiger partial charge is 0.231 e. The minimum absolute atomic E-state index is 0.0488. The van der Waals surface area contributed by atoms with E-state index in [1.54, 1.807) is 0 Å². The molecule has 0 bridgehead atoms. The van der Waals surface area contributed by atoms with E-state index < -0.39 is 9.84 Å². The molecule has 0 radical (unpaired) electrons. The molecule has 2 aromatic rings. The van der Waals surface area contributed by atoms with Crippen LogP contribution in [0.5, 0.6) is 0 Å². The number of aryl methyl sites for hydroxylation is 2. The number of amides is 1. The van der Waals surface area contributed by atoms with Crippen LogP contribution in [0.4, 0.5) is 5.69 Å². The highest BCUT2D eigenvalue weighted by Gasteiger charge is 2.30. The molecule has 2 heterocycles. The van der Waals surface area contributed by atoms with E-state index in [1.165, 1.54) is 11.3 Å². The zero-order chi connectivity index (χ0) is 19.6. The van der Waals surface area contributed by atoms with Gasteiger partial charge in [-0.05, 0) is 44.5 Å². The van der Waals surface area contributed by atoms with E-state index in [1.807, 2.05) is 49.4 Å². The Morgan fingerprint density at radius 2 is 2.15 bits per heavy atom.